The van der Waals surface area contributed by atoms with Crippen molar-refractivity contribution in [2.24, 2.45) is 0 Å². The molecule has 25 heavy (non-hydrogen) atoms. The van der Waals surface area contributed by atoms with Crippen molar-refractivity contribution in [2.75, 3.05) is 12.0 Å². The van der Waals surface area contributed by atoms with E-state index in [1.54, 1.807) is 19.1 Å². The number of carbonyl (C=O) groups is 1. The van der Waals surface area contributed by atoms with E-state index in [9.17, 15) is 13.9 Å². The molecule has 2 aromatic rings. The van der Waals surface area contributed by atoms with Crippen molar-refractivity contribution in [3.05, 3.63) is 45.8 Å². The third-order valence-corrected chi connectivity index (χ3v) is 6.80. The van der Waals surface area contributed by atoms with Crippen LogP contribution in [0.1, 0.15) is 52.9 Å². The van der Waals surface area contributed by atoms with Crippen molar-refractivity contribution in [1.82, 2.24) is 5.16 Å². The van der Waals surface area contributed by atoms with Gasteiger partial charge in [-0.2, -0.15) is 0 Å². The van der Waals surface area contributed by atoms with Gasteiger partial charge in [0, 0.05) is 5.92 Å². The molecule has 0 amide bonds. The molecule has 1 aliphatic rings. The van der Waals surface area contributed by atoms with Gasteiger partial charge in [-0.25, -0.2) is 0 Å². The molecular formula is C17H18ClNO4S2. The summed E-state index contributed by atoms with van der Waals surface area (Å²) in [5.74, 6) is 1.17. The van der Waals surface area contributed by atoms with Crippen molar-refractivity contribution in [3.8, 4) is 0 Å². The molecule has 1 fully saturated rings. The van der Waals surface area contributed by atoms with E-state index < -0.39 is 22.4 Å². The summed E-state index contributed by atoms with van der Waals surface area (Å²) in [7, 11) is 0. The van der Waals surface area contributed by atoms with E-state index in [1.165, 1.54) is 12.5 Å². The monoisotopic (exact) mass is 399 g/mol. The van der Waals surface area contributed by atoms with E-state index in [1.807, 2.05) is 0 Å². The van der Waals surface area contributed by atoms with Crippen molar-refractivity contribution >= 4 is 39.7 Å². The van der Waals surface area contributed by atoms with E-state index in [4.69, 9.17) is 16.1 Å². The number of nitrogens with zero attached hydrogens (tertiary/aromatic N) is 1. The number of carbonyl (C=O) groups excluding carboxylic acids is 1. The van der Waals surface area contributed by atoms with Gasteiger partial charge in [-0.15, -0.1) is 0 Å². The lowest BCUT2D eigenvalue weighted by molar-refractivity contribution is 0.103. The summed E-state index contributed by atoms with van der Waals surface area (Å²) in [6.07, 6.45) is 4.86. The molecule has 5 nitrogen and oxygen atoms in total. The standard InChI is InChI=1S/C17H18ClNO4S2/c1-3-25(22)9-13-14(18)7-6-11(17(13)24(2)21)15(20)12-8-19-23-16(12)10-4-5-10/h6-8,10H,3-5,9H2,1-2H3. The molecule has 1 saturated carbocycles. The number of ketones is 1. The summed E-state index contributed by atoms with van der Waals surface area (Å²) in [5.41, 5.74) is 1.22. The average Bonchev–Trinajstić information content (AvgIpc) is 3.32. The van der Waals surface area contributed by atoms with Gasteiger partial charge in [-0.1, -0.05) is 16.8 Å². The maximum absolute atomic E-state index is 13.1. The Balaban J connectivity index is 2.07. The van der Waals surface area contributed by atoms with Gasteiger partial charge in [-0.05, 0) is 54.2 Å². The van der Waals surface area contributed by atoms with E-state index in [0.29, 0.717) is 38.1 Å². The summed E-state index contributed by atoms with van der Waals surface area (Å²) in [6, 6.07) is 3.17. The van der Waals surface area contributed by atoms with E-state index in [0.717, 1.165) is 12.8 Å². The van der Waals surface area contributed by atoms with Gasteiger partial charge in [0.2, 0.25) is 5.78 Å². The van der Waals surface area contributed by atoms with Gasteiger partial charge < -0.3 is 13.6 Å². The quantitative estimate of drug-likeness (QED) is 0.525. The first kappa shape index (κ1) is 18.8. The summed E-state index contributed by atoms with van der Waals surface area (Å²) in [4.78, 5) is 13.4. The number of hydrogen-bond acceptors (Lipinski definition) is 5. The topological polar surface area (TPSA) is 89.2 Å². The van der Waals surface area contributed by atoms with Crippen LogP contribution >= 0.6 is 11.6 Å². The second-order valence-electron chi connectivity index (χ2n) is 5.94. The number of aromatic nitrogens is 1. The lowest BCUT2D eigenvalue weighted by Crippen LogP contribution is -2.16. The molecule has 2 unspecified atom stereocenters. The summed E-state index contributed by atoms with van der Waals surface area (Å²) >= 11 is 3.67. The van der Waals surface area contributed by atoms with Crippen LogP contribution in [-0.4, -0.2) is 32.1 Å². The lowest BCUT2D eigenvalue weighted by Gasteiger charge is -2.17. The molecular weight excluding hydrogens is 382 g/mol. The Morgan fingerprint density at radius 2 is 2.08 bits per heavy atom. The zero-order valence-corrected chi connectivity index (χ0v) is 16.3. The Hall–Kier alpha value is -0.990. The summed E-state index contributed by atoms with van der Waals surface area (Å²) in [5, 5.41) is 4.13. The molecule has 1 aromatic heterocycles. The number of halogens is 1. The SMILES string of the molecule is CC[S+]([O-])Cc1c(Cl)ccc(C(=O)c2cnoc2C2CC2)c1[S+](C)[O-]. The molecule has 8 heteroatoms. The lowest BCUT2D eigenvalue weighted by atomic mass is 10.0. The van der Waals surface area contributed by atoms with Crippen LogP contribution in [0.3, 0.4) is 0 Å². The largest absolute Gasteiger partial charge is 0.616 e. The van der Waals surface area contributed by atoms with Crippen LogP contribution in [0, 0.1) is 0 Å². The minimum absolute atomic E-state index is 0.171. The van der Waals surface area contributed by atoms with Crippen LogP contribution in [0.4, 0.5) is 0 Å². The fourth-order valence-electron chi connectivity index (χ4n) is 2.71. The summed E-state index contributed by atoms with van der Waals surface area (Å²) in [6.45, 7) is 1.81. The fourth-order valence-corrected chi connectivity index (χ4v) is 4.99. The predicted molar refractivity (Wildman–Crippen MR) is 98.1 cm³/mol. The first-order valence-corrected chi connectivity index (χ1v) is 11.4. The smallest absolute Gasteiger partial charge is 0.203 e. The second-order valence-corrected chi connectivity index (χ2v) is 9.41. The third kappa shape index (κ3) is 3.90. The van der Waals surface area contributed by atoms with Crippen LogP contribution in [0.2, 0.25) is 5.02 Å². The van der Waals surface area contributed by atoms with Gasteiger partial charge >= 0.3 is 0 Å². The van der Waals surface area contributed by atoms with E-state index in [-0.39, 0.29) is 17.5 Å². The first-order chi connectivity index (χ1) is 11.9. The molecule has 1 heterocycles. The molecule has 0 N–H and O–H groups in total. The highest BCUT2D eigenvalue weighted by molar-refractivity contribution is 7.91. The first-order valence-electron chi connectivity index (χ1n) is 7.93. The van der Waals surface area contributed by atoms with E-state index in [2.05, 4.69) is 5.16 Å². The molecule has 1 aromatic carbocycles. The van der Waals surface area contributed by atoms with Crippen LogP contribution in [0.5, 0.6) is 0 Å². The highest BCUT2D eigenvalue weighted by atomic mass is 35.5. The maximum atomic E-state index is 13.1. The predicted octanol–water partition coefficient (Wildman–Crippen LogP) is 3.44. The molecule has 2 atom stereocenters. The molecule has 134 valence electrons. The average molecular weight is 400 g/mol. The Morgan fingerprint density at radius 1 is 1.36 bits per heavy atom. The summed E-state index contributed by atoms with van der Waals surface area (Å²) < 4.78 is 29.6. The van der Waals surface area contributed by atoms with Gasteiger partial charge in [0.1, 0.15) is 17.8 Å². The van der Waals surface area contributed by atoms with Crippen molar-refractivity contribution in [2.45, 2.75) is 36.3 Å². The minimum atomic E-state index is -1.46. The molecule has 0 saturated heterocycles. The highest BCUT2D eigenvalue weighted by Gasteiger charge is 2.35. The number of rotatable bonds is 7. The van der Waals surface area contributed by atoms with Gasteiger partial charge in [0.25, 0.3) is 0 Å². The number of hydrogen-bond donors (Lipinski definition) is 0. The Labute approximate surface area is 157 Å². The van der Waals surface area contributed by atoms with Crippen molar-refractivity contribution in [3.63, 3.8) is 0 Å². The molecule has 0 radical (unpaired) electrons. The van der Waals surface area contributed by atoms with Crippen LogP contribution in [0.15, 0.2) is 27.7 Å². The second kappa shape index (κ2) is 7.72. The van der Waals surface area contributed by atoms with Gasteiger partial charge in [0.15, 0.2) is 10.7 Å². The van der Waals surface area contributed by atoms with Crippen molar-refractivity contribution < 1.29 is 18.4 Å². The highest BCUT2D eigenvalue weighted by Crippen LogP contribution is 2.42. The molecule has 0 bridgehead atoms. The van der Waals surface area contributed by atoms with Crippen LogP contribution < -0.4 is 0 Å². The Morgan fingerprint density at radius 3 is 2.68 bits per heavy atom. The minimum Gasteiger partial charge on any atom is -0.616 e. The zero-order valence-electron chi connectivity index (χ0n) is 13.9. The third-order valence-electron chi connectivity index (χ3n) is 4.15. The fraction of sp³-hybridized carbons (Fsp3) is 0.412. The van der Waals surface area contributed by atoms with Gasteiger partial charge in [0.05, 0.1) is 27.9 Å². The zero-order chi connectivity index (χ0) is 18.1. The molecule has 0 aliphatic heterocycles. The normalized spacial score (nSPS) is 16.7. The molecule has 0 spiro atoms. The van der Waals surface area contributed by atoms with Gasteiger partial charge in [-0.3, -0.25) is 4.79 Å². The maximum Gasteiger partial charge on any atom is 0.203 e. The van der Waals surface area contributed by atoms with E-state index >= 15 is 0 Å². The Kier molecular flexibility index (Phi) is 5.80. The molecule has 1 aliphatic carbocycles. The van der Waals surface area contributed by atoms with Crippen LogP contribution in [0.25, 0.3) is 0 Å². The molecule has 3 rings (SSSR count). The number of benzene rings is 1. The van der Waals surface area contributed by atoms with Crippen LogP contribution in [-0.2, 0) is 28.1 Å². The van der Waals surface area contributed by atoms with Crippen molar-refractivity contribution in [1.29, 1.82) is 0 Å². The Bertz CT molecular complexity index is 789.